The maximum absolute atomic E-state index is 13.9. The van der Waals surface area contributed by atoms with E-state index in [2.05, 4.69) is 5.32 Å². The molecule has 5 rings (SSSR count). The van der Waals surface area contributed by atoms with Gasteiger partial charge in [0.15, 0.2) is 17.2 Å². The van der Waals surface area contributed by atoms with Crippen molar-refractivity contribution >= 4 is 29.2 Å². The van der Waals surface area contributed by atoms with Crippen LogP contribution in [0, 0.1) is 17.8 Å². The average molecular weight is 546 g/mol. The Morgan fingerprint density at radius 2 is 1.77 bits per heavy atom. The predicted molar refractivity (Wildman–Crippen MR) is 144 cm³/mol. The van der Waals surface area contributed by atoms with Gasteiger partial charge in [0.25, 0.3) is 5.91 Å². The summed E-state index contributed by atoms with van der Waals surface area (Å²) in [4.78, 5) is 66.1. The number of amides is 2. The van der Waals surface area contributed by atoms with Gasteiger partial charge >= 0.3 is 0 Å². The van der Waals surface area contributed by atoms with E-state index in [-0.39, 0.29) is 30.1 Å². The summed E-state index contributed by atoms with van der Waals surface area (Å²) in [6.45, 7) is 1.81. The molecule has 10 nitrogen and oxygen atoms in total. The second-order valence-corrected chi connectivity index (χ2v) is 11.1. The molecule has 0 spiro atoms. The van der Waals surface area contributed by atoms with Gasteiger partial charge in [-0.05, 0) is 61.2 Å². The monoisotopic (exact) mass is 545 g/mol. The minimum Gasteiger partial charge on any atom is -0.507 e. The number of primary amides is 1. The topological polar surface area (TPSA) is 167 Å². The Bertz CT molecular complexity index is 1490. The van der Waals surface area contributed by atoms with Crippen LogP contribution in [0.4, 0.5) is 0 Å². The van der Waals surface area contributed by atoms with Crippen LogP contribution in [0.25, 0.3) is 11.1 Å². The molecule has 0 aromatic heterocycles. The fourth-order valence-corrected chi connectivity index (χ4v) is 6.58. The van der Waals surface area contributed by atoms with Crippen LogP contribution < -0.4 is 11.1 Å². The highest BCUT2D eigenvalue weighted by Gasteiger charge is 2.65. The molecule has 0 heterocycles. The predicted octanol–water partition coefficient (Wildman–Crippen LogP) is 0.911. The van der Waals surface area contributed by atoms with Crippen LogP contribution in [0.15, 0.2) is 48.0 Å². The van der Waals surface area contributed by atoms with E-state index in [4.69, 9.17) is 5.73 Å². The summed E-state index contributed by atoms with van der Waals surface area (Å²) in [5.41, 5.74) is 5.36. The van der Waals surface area contributed by atoms with Crippen molar-refractivity contribution in [2.45, 2.75) is 38.0 Å². The third kappa shape index (κ3) is 4.15. The molecular weight excluding hydrogens is 514 g/mol. The molecule has 40 heavy (non-hydrogen) atoms. The molecule has 0 saturated heterocycles. The van der Waals surface area contributed by atoms with Gasteiger partial charge in [-0.3, -0.25) is 24.0 Å². The van der Waals surface area contributed by atoms with E-state index in [1.165, 1.54) is 19.1 Å². The van der Waals surface area contributed by atoms with Crippen molar-refractivity contribution in [1.82, 2.24) is 10.2 Å². The van der Waals surface area contributed by atoms with Crippen LogP contribution in [-0.2, 0) is 32.1 Å². The van der Waals surface area contributed by atoms with Crippen LogP contribution in [0.5, 0.6) is 5.75 Å². The summed E-state index contributed by atoms with van der Waals surface area (Å²) in [6, 6.07) is 9.92. The first kappa shape index (κ1) is 27.4. The third-order valence-corrected chi connectivity index (χ3v) is 8.52. The molecule has 0 radical (unpaired) electrons. The van der Waals surface area contributed by atoms with E-state index in [9.17, 15) is 34.2 Å². The standard InChI is InChI=1S/C30H31N3O7/c1-14(34)32-13-15-4-6-16(7-5-15)18-8-9-23(35)25-19(18)10-17-11-21-22(33(2)3)12-20(29(31)39)27(37)30(21,40)28(38)24(17)26(25)36/h4-9,12,17,21-22,24,35,40H,10-11,13H2,1-3H3,(H2,31,39)(H,32,34)/t17-,21-,22+,24?,30+/m0/s1. The number of benzene rings is 2. The number of carbonyl (C=O) groups excluding carboxylic acids is 5. The van der Waals surface area contributed by atoms with Crippen molar-refractivity contribution in [3.8, 4) is 16.9 Å². The third-order valence-electron chi connectivity index (χ3n) is 8.52. The smallest absolute Gasteiger partial charge is 0.252 e. The highest BCUT2D eigenvalue weighted by Crippen LogP contribution is 2.51. The van der Waals surface area contributed by atoms with Gasteiger partial charge in [0.05, 0.1) is 17.1 Å². The molecule has 3 aliphatic rings. The number of hydrogen-bond donors (Lipinski definition) is 4. The Morgan fingerprint density at radius 1 is 1.10 bits per heavy atom. The van der Waals surface area contributed by atoms with E-state index in [0.717, 1.165) is 16.7 Å². The van der Waals surface area contributed by atoms with Crippen molar-refractivity contribution in [3.63, 3.8) is 0 Å². The normalized spacial score (nSPS) is 27.4. The van der Waals surface area contributed by atoms with Gasteiger partial charge in [0.2, 0.25) is 11.7 Å². The van der Waals surface area contributed by atoms with Crippen LogP contribution in [0.3, 0.4) is 0 Å². The average Bonchev–Trinajstić information content (AvgIpc) is 2.89. The van der Waals surface area contributed by atoms with Crippen molar-refractivity contribution in [2.75, 3.05) is 14.1 Å². The van der Waals surface area contributed by atoms with E-state index in [1.54, 1.807) is 25.1 Å². The summed E-state index contributed by atoms with van der Waals surface area (Å²) in [5.74, 6) is -6.96. The number of carbonyl (C=O) groups is 5. The summed E-state index contributed by atoms with van der Waals surface area (Å²) >= 11 is 0. The van der Waals surface area contributed by atoms with Gasteiger partial charge < -0.3 is 26.2 Å². The number of aromatic hydroxyl groups is 1. The van der Waals surface area contributed by atoms with Gasteiger partial charge in [-0.15, -0.1) is 0 Å². The lowest BCUT2D eigenvalue weighted by Crippen LogP contribution is -2.68. The maximum Gasteiger partial charge on any atom is 0.252 e. The molecule has 2 aromatic carbocycles. The number of nitrogens with two attached hydrogens (primary N) is 1. The molecule has 5 atom stereocenters. The van der Waals surface area contributed by atoms with E-state index in [0.29, 0.717) is 12.1 Å². The van der Waals surface area contributed by atoms with Crippen molar-refractivity contribution in [1.29, 1.82) is 0 Å². The highest BCUT2D eigenvalue weighted by molar-refractivity contribution is 6.32. The van der Waals surface area contributed by atoms with Gasteiger partial charge in [-0.25, -0.2) is 0 Å². The minimum absolute atomic E-state index is 0.00504. The lowest BCUT2D eigenvalue weighted by molar-refractivity contribution is -0.168. The zero-order valence-electron chi connectivity index (χ0n) is 22.4. The molecule has 0 bridgehead atoms. The number of fused-ring (bicyclic) bond motifs is 3. The summed E-state index contributed by atoms with van der Waals surface area (Å²) in [6.07, 6.45) is 1.83. The minimum atomic E-state index is -2.58. The maximum atomic E-state index is 13.9. The quantitative estimate of drug-likeness (QED) is 0.318. The molecule has 2 aromatic rings. The number of aliphatic hydroxyl groups is 1. The molecule has 1 saturated carbocycles. The second-order valence-electron chi connectivity index (χ2n) is 11.1. The number of nitrogens with one attached hydrogen (secondary N) is 1. The van der Waals surface area contributed by atoms with Crippen molar-refractivity contribution < 1.29 is 34.2 Å². The molecule has 0 aliphatic heterocycles. The van der Waals surface area contributed by atoms with Crippen LogP contribution in [0.1, 0.15) is 34.8 Å². The molecule has 208 valence electrons. The fourth-order valence-electron chi connectivity index (χ4n) is 6.58. The lowest BCUT2D eigenvalue weighted by atomic mass is 9.54. The SMILES string of the molecule is CC(=O)NCc1ccc(-c2ccc(O)c3c2C[C@H]2C[C@H]4[C@H](N(C)C)C=C(C(N)=O)C(=O)[C@@]4(O)C(=O)C2C3=O)cc1. The number of hydrogen-bond acceptors (Lipinski definition) is 8. The second kappa shape index (κ2) is 9.79. The van der Waals surface area contributed by atoms with E-state index < -0.39 is 58.2 Å². The van der Waals surface area contributed by atoms with Gasteiger partial charge in [0, 0.05) is 25.4 Å². The summed E-state index contributed by atoms with van der Waals surface area (Å²) < 4.78 is 0. The largest absolute Gasteiger partial charge is 0.507 e. The summed E-state index contributed by atoms with van der Waals surface area (Å²) in [5, 5.41) is 25.1. The highest BCUT2D eigenvalue weighted by atomic mass is 16.3. The Balaban J connectivity index is 1.57. The van der Waals surface area contributed by atoms with E-state index in [1.807, 2.05) is 24.3 Å². The fraction of sp³-hybridized carbons (Fsp3) is 0.367. The van der Waals surface area contributed by atoms with E-state index >= 15 is 0 Å². The van der Waals surface area contributed by atoms with Crippen molar-refractivity contribution in [3.05, 3.63) is 64.7 Å². The number of Topliss-reactive ketones (excluding diaryl/α,β-unsaturated/α-hetero) is 3. The Morgan fingerprint density at radius 3 is 2.38 bits per heavy atom. The zero-order chi connectivity index (χ0) is 29.1. The van der Waals surface area contributed by atoms with Crippen LogP contribution in [0.2, 0.25) is 0 Å². The number of likely N-dealkylation sites (N-methyl/N-ethyl adjacent to an activating group) is 1. The number of phenols is 1. The number of nitrogens with zero attached hydrogens (tertiary/aromatic N) is 1. The van der Waals surface area contributed by atoms with Gasteiger partial charge in [-0.2, -0.15) is 0 Å². The first-order valence-corrected chi connectivity index (χ1v) is 13.1. The molecule has 1 unspecified atom stereocenters. The molecule has 3 aliphatic carbocycles. The Hall–Kier alpha value is -4.15. The van der Waals surface area contributed by atoms with Crippen molar-refractivity contribution in [2.24, 2.45) is 23.5 Å². The number of ketones is 3. The van der Waals surface area contributed by atoms with Gasteiger partial charge in [-0.1, -0.05) is 36.4 Å². The number of phenolic OH excluding ortho intramolecular Hbond substituents is 1. The molecule has 2 amide bonds. The van der Waals surface area contributed by atoms with Crippen LogP contribution in [-0.4, -0.2) is 70.0 Å². The zero-order valence-corrected chi connectivity index (χ0v) is 22.4. The van der Waals surface area contributed by atoms with Crippen LogP contribution >= 0.6 is 0 Å². The summed E-state index contributed by atoms with van der Waals surface area (Å²) in [7, 11) is 3.42. The number of rotatable bonds is 5. The molecule has 5 N–H and O–H groups in total. The molecule has 1 fully saturated rings. The first-order valence-electron chi connectivity index (χ1n) is 13.1. The lowest BCUT2D eigenvalue weighted by Gasteiger charge is -2.51. The molecular formula is C30H31N3O7. The first-order chi connectivity index (χ1) is 18.9. The Labute approximate surface area is 230 Å². The van der Waals surface area contributed by atoms with Gasteiger partial charge in [0.1, 0.15) is 5.75 Å². The molecule has 10 heteroatoms. The Kier molecular flexibility index (Phi) is 6.71.